The quantitative estimate of drug-likeness (QED) is 0.803. The summed E-state index contributed by atoms with van der Waals surface area (Å²) in [5.74, 6) is -0.464. The number of carboxylic acids is 1. The zero-order valence-electron chi connectivity index (χ0n) is 10.0. The van der Waals surface area contributed by atoms with E-state index in [0.717, 1.165) is 0 Å². The van der Waals surface area contributed by atoms with Crippen molar-refractivity contribution in [2.75, 3.05) is 18.1 Å². The molecule has 0 heterocycles. The number of carbonyl (C=O) groups is 2. The molecule has 18 heavy (non-hydrogen) atoms. The van der Waals surface area contributed by atoms with Crippen LogP contribution in [0, 0.1) is 0 Å². The monoisotopic (exact) mass is 269 g/mol. The summed E-state index contributed by atoms with van der Waals surface area (Å²) in [6.45, 7) is 2.13. The van der Waals surface area contributed by atoms with Gasteiger partial charge in [0.2, 0.25) is 0 Å². The van der Waals surface area contributed by atoms with Gasteiger partial charge in [0.25, 0.3) is 5.91 Å². The molecule has 6 heteroatoms. The van der Waals surface area contributed by atoms with Crippen molar-refractivity contribution in [3.8, 4) is 0 Å². The highest BCUT2D eigenvalue weighted by Crippen LogP contribution is 2.05. The van der Waals surface area contributed by atoms with E-state index >= 15 is 0 Å². The standard InChI is InChI=1S/C12H15NO4S/c1-2-18(17)7-6-13-11(14)9-4-3-5-10(8-9)12(15)16/h3-5,8H,2,6-7H2,1H3,(H,13,14)(H,15,16). The van der Waals surface area contributed by atoms with Gasteiger partial charge in [0, 0.05) is 34.4 Å². The lowest BCUT2D eigenvalue weighted by molar-refractivity contribution is 0.0697. The Morgan fingerprint density at radius 3 is 2.61 bits per heavy atom. The molecule has 0 bridgehead atoms. The summed E-state index contributed by atoms with van der Waals surface area (Å²) in [6, 6.07) is 5.79. The van der Waals surface area contributed by atoms with Gasteiger partial charge >= 0.3 is 5.97 Å². The van der Waals surface area contributed by atoms with E-state index in [1.165, 1.54) is 18.2 Å². The second-order valence-electron chi connectivity index (χ2n) is 3.57. The number of hydrogen-bond donors (Lipinski definition) is 2. The first kappa shape index (κ1) is 14.4. The Kier molecular flexibility index (Phi) is 5.51. The Balaban J connectivity index is 2.59. The predicted molar refractivity (Wildman–Crippen MR) is 69.3 cm³/mol. The Labute approximate surface area is 108 Å². The maximum atomic E-state index is 11.7. The fourth-order valence-corrected chi connectivity index (χ4v) is 1.94. The van der Waals surface area contributed by atoms with Gasteiger partial charge in [-0.2, -0.15) is 0 Å². The molecule has 0 spiro atoms. The largest absolute Gasteiger partial charge is 0.478 e. The van der Waals surface area contributed by atoms with Crippen molar-refractivity contribution in [1.29, 1.82) is 0 Å². The van der Waals surface area contributed by atoms with Gasteiger partial charge in [0.05, 0.1) is 5.56 Å². The van der Waals surface area contributed by atoms with Gasteiger partial charge < -0.3 is 10.4 Å². The van der Waals surface area contributed by atoms with Crippen LogP contribution in [0.4, 0.5) is 0 Å². The fraction of sp³-hybridized carbons (Fsp3) is 0.333. The molecule has 0 radical (unpaired) electrons. The Morgan fingerprint density at radius 2 is 2.00 bits per heavy atom. The van der Waals surface area contributed by atoms with E-state index in [2.05, 4.69) is 5.32 Å². The van der Waals surface area contributed by atoms with Crippen LogP contribution in [0.2, 0.25) is 0 Å². The number of carboxylic acid groups (broad SMARTS) is 1. The van der Waals surface area contributed by atoms with Crippen LogP contribution < -0.4 is 5.32 Å². The van der Waals surface area contributed by atoms with E-state index < -0.39 is 16.8 Å². The number of nitrogens with one attached hydrogen (secondary N) is 1. The summed E-state index contributed by atoms with van der Waals surface area (Å²) in [7, 11) is -0.920. The Hall–Kier alpha value is -1.69. The molecular weight excluding hydrogens is 254 g/mol. The van der Waals surface area contributed by atoms with E-state index in [4.69, 9.17) is 5.11 Å². The van der Waals surface area contributed by atoms with Crippen molar-refractivity contribution in [3.63, 3.8) is 0 Å². The highest BCUT2D eigenvalue weighted by Gasteiger charge is 2.09. The maximum Gasteiger partial charge on any atom is 0.335 e. The van der Waals surface area contributed by atoms with Crippen molar-refractivity contribution >= 4 is 22.7 Å². The van der Waals surface area contributed by atoms with Crippen molar-refractivity contribution < 1.29 is 18.9 Å². The van der Waals surface area contributed by atoms with Gasteiger partial charge in [-0.15, -0.1) is 0 Å². The van der Waals surface area contributed by atoms with E-state index in [-0.39, 0.29) is 17.0 Å². The number of benzene rings is 1. The molecule has 0 aliphatic heterocycles. The first-order valence-electron chi connectivity index (χ1n) is 5.51. The molecule has 1 amide bonds. The smallest absolute Gasteiger partial charge is 0.335 e. The molecule has 5 nitrogen and oxygen atoms in total. The first-order valence-corrected chi connectivity index (χ1v) is 7.00. The Bertz CT molecular complexity index is 473. The topological polar surface area (TPSA) is 83.5 Å². The molecule has 1 rings (SSSR count). The number of hydrogen-bond acceptors (Lipinski definition) is 3. The normalized spacial score (nSPS) is 11.8. The highest BCUT2D eigenvalue weighted by atomic mass is 32.2. The van der Waals surface area contributed by atoms with Crippen LogP contribution in [-0.2, 0) is 10.8 Å². The maximum absolute atomic E-state index is 11.7. The van der Waals surface area contributed by atoms with Crippen molar-refractivity contribution in [3.05, 3.63) is 35.4 Å². The number of aromatic carboxylic acids is 1. The third-order valence-electron chi connectivity index (χ3n) is 2.31. The molecule has 98 valence electrons. The minimum Gasteiger partial charge on any atom is -0.478 e. The fourth-order valence-electron chi connectivity index (χ4n) is 1.32. The average molecular weight is 269 g/mol. The molecule has 0 aromatic heterocycles. The SMILES string of the molecule is CCS(=O)CCNC(=O)c1cccc(C(=O)O)c1. The molecule has 1 unspecified atom stereocenters. The second-order valence-corrected chi connectivity index (χ2v) is 5.44. The zero-order chi connectivity index (χ0) is 13.5. The van der Waals surface area contributed by atoms with Gasteiger partial charge in [-0.25, -0.2) is 4.79 Å². The third kappa shape index (κ3) is 4.29. The Morgan fingerprint density at radius 1 is 1.33 bits per heavy atom. The highest BCUT2D eigenvalue weighted by molar-refractivity contribution is 7.84. The molecule has 1 aromatic rings. The molecule has 0 saturated heterocycles. The number of carbonyl (C=O) groups excluding carboxylic acids is 1. The van der Waals surface area contributed by atoms with E-state index in [9.17, 15) is 13.8 Å². The van der Waals surface area contributed by atoms with Crippen molar-refractivity contribution in [2.24, 2.45) is 0 Å². The van der Waals surface area contributed by atoms with E-state index in [1.54, 1.807) is 6.07 Å². The van der Waals surface area contributed by atoms with Gasteiger partial charge in [-0.1, -0.05) is 13.0 Å². The summed E-state index contributed by atoms with van der Waals surface area (Å²) in [6.07, 6.45) is 0. The van der Waals surface area contributed by atoms with Gasteiger partial charge in [0.15, 0.2) is 0 Å². The minimum atomic E-state index is -1.07. The van der Waals surface area contributed by atoms with Crippen LogP contribution in [0.25, 0.3) is 0 Å². The first-order chi connectivity index (χ1) is 8.54. The van der Waals surface area contributed by atoms with Gasteiger partial charge in [-0.3, -0.25) is 9.00 Å². The summed E-state index contributed by atoms with van der Waals surface area (Å²) in [4.78, 5) is 22.4. The average Bonchev–Trinajstić information content (AvgIpc) is 2.38. The number of amides is 1. The molecule has 1 atom stereocenters. The summed E-state index contributed by atoms with van der Waals surface area (Å²) >= 11 is 0. The lowest BCUT2D eigenvalue weighted by Crippen LogP contribution is -2.28. The lowest BCUT2D eigenvalue weighted by Gasteiger charge is -2.05. The molecule has 2 N–H and O–H groups in total. The van der Waals surface area contributed by atoms with Gasteiger partial charge in [-0.05, 0) is 18.2 Å². The lowest BCUT2D eigenvalue weighted by atomic mass is 10.1. The van der Waals surface area contributed by atoms with Crippen LogP contribution in [0.5, 0.6) is 0 Å². The molecule has 0 fully saturated rings. The summed E-state index contributed by atoms with van der Waals surface area (Å²) in [5.41, 5.74) is 0.358. The molecule has 0 saturated carbocycles. The summed E-state index contributed by atoms with van der Waals surface area (Å²) in [5, 5.41) is 11.4. The second kappa shape index (κ2) is 6.90. The van der Waals surface area contributed by atoms with Crippen LogP contribution >= 0.6 is 0 Å². The number of rotatable bonds is 6. The predicted octanol–water partition coefficient (Wildman–Crippen LogP) is 0.883. The minimum absolute atomic E-state index is 0.0692. The van der Waals surface area contributed by atoms with Crippen molar-refractivity contribution in [2.45, 2.75) is 6.92 Å². The molecule has 0 aliphatic rings. The van der Waals surface area contributed by atoms with Crippen LogP contribution in [0.3, 0.4) is 0 Å². The van der Waals surface area contributed by atoms with Crippen molar-refractivity contribution in [1.82, 2.24) is 5.32 Å². The molecule has 0 aliphatic carbocycles. The third-order valence-corrected chi connectivity index (χ3v) is 3.61. The van der Waals surface area contributed by atoms with Crippen LogP contribution in [-0.4, -0.2) is 39.2 Å². The zero-order valence-corrected chi connectivity index (χ0v) is 10.8. The van der Waals surface area contributed by atoms with Crippen LogP contribution in [0.15, 0.2) is 24.3 Å². The van der Waals surface area contributed by atoms with Gasteiger partial charge in [0.1, 0.15) is 0 Å². The van der Waals surface area contributed by atoms with E-state index in [1.807, 2.05) is 6.92 Å². The summed E-state index contributed by atoms with van der Waals surface area (Å²) < 4.78 is 11.2. The van der Waals surface area contributed by atoms with Crippen LogP contribution in [0.1, 0.15) is 27.6 Å². The van der Waals surface area contributed by atoms with E-state index in [0.29, 0.717) is 18.1 Å². The molecular formula is C12H15NO4S. The molecule has 1 aromatic carbocycles.